The molecule has 0 aliphatic rings. The first kappa shape index (κ1) is 15.6. The Kier molecular flexibility index (Phi) is 5.96. The van der Waals surface area contributed by atoms with Gasteiger partial charge in [-0.1, -0.05) is 26.0 Å². The summed E-state index contributed by atoms with van der Waals surface area (Å²) in [5.41, 5.74) is 1.57. The van der Waals surface area contributed by atoms with Gasteiger partial charge in [-0.15, -0.1) is 0 Å². The van der Waals surface area contributed by atoms with E-state index in [9.17, 15) is 9.18 Å². The fraction of sp³-hybridized carbons (Fsp3) is 0.533. The first-order chi connectivity index (χ1) is 8.90. The van der Waals surface area contributed by atoms with Crippen molar-refractivity contribution in [1.82, 2.24) is 5.32 Å². The van der Waals surface area contributed by atoms with Crippen LogP contribution < -0.4 is 5.32 Å². The van der Waals surface area contributed by atoms with Gasteiger partial charge in [-0.25, -0.2) is 4.39 Å². The van der Waals surface area contributed by atoms with Gasteiger partial charge < -0.3 is 10.4 Å². The Morgan fingerprint density at radius 2 is 2.11 bits per heavy atom. The van der Waals surface area contributed by atoms with Crippen LogP contribution >= 0.6 is 0 Å². The van der Waals surface area contributed by atoms with Crippen LogP contribution in [0.4, 0.5) is 4.39 Å². The number of hydrogen-bond acceptors (Lipinski definition) is 2. The lowest BCUT2D eigenvalue weighted by Crippen LogP contribution is -2.29. The van der Waals surface area contributed by atoms with Crippen molar-refractivity contribution in [2.45, 2.75) is 33.7 Å². The molecule has 2 N–H and O–H groups in total. The molecule has 19 heavy (non-hydrogen) atoms. The zero-order chi connectivity index (χ0) is 14.4. The molecule has 0 heterocycles. The standard InChI is InChI=1S/C15H22FNO2/c1-10(2)6-13(15(18)19)9-17-8-12-4-5-14(16)11(3)7-12/h4-5,7,10,13,17H,6,8-9H2,1-3H3,(H,18,19). The number of carboxylic acid groups (broad SMARTS) is 1. The fourth-order valence-electron chi connectivity index (χ4n) is 2.05. The maximum atomic E-state index is 13.1. The van der Waals surface area contributed by atoms with E-state index in [1.807, 2.05) is 13.8 Å². The van der Waals surface area contributed by atoms with Gasteiger partial charge in [0.15, 0.2) is 0 Å². The van der Waals surface area contributed by atoms with Gasteiger partial charge in [0.25, 0.3) is 0 Å². The number of aliphatic carboxylic acids is 1. The molecule has 0 spiro atoms. The summed E-state index contributed by atoms with van der Waals surface area (Å²) in [7, 11) is 0. The molecule has 0 saturated heterocycles. The number of nitrogens with one attached hydrogen (secondary N) is 1. The van der Waals surface area contributed by atoms with Crippen molar-refractivity contribution >= 4 is 5.97 Å². The lowest BCUT2D eigenvalue weighted by Gasteiger charge is -2.15. The Morgan fingerprint density at radius 3 is 2.63 bits per heavy atom. The van der Waals surface area contributed by atoms with Crippen LogP contribution in [0.2, 0.25) is 0 Å². The zero-order valence-electron chi connectivity index (χ0n) is 11.7. The highest BCUT2D eigenvalue weighted by Crippen LogP contribution is 2.12. The monoisotopic (exact) mass is 267 g/mol. The average Bonchev–Trinajstić information content (AvgIpc) is 2.31. The number of hydrogen-bond donors (Lipinski definition) is 2. The maximum absolute atomic E-state index is 13.1. The largest absolute Gasteiger partial charge is 0.481 e. The van der Waals surface area contributed by atoms with E-state index in [0.29, 0.717) is 31.0 Å². The first-order valence-corrected chi connectivity index (χ1v) is 6.58. The van der Waals surface area contributed by atoms with Crippen LogP contribution in [-0.4, -0.2) is 17.6 Å². The van der Waals surface area contributed by atoms with Crippen molar-refractivity contribution in [3.63, 3.8) is 0 Å². The zero-order valence-corrected chi connectivity index (χ0v) is 11.7. The summed E-state index contributed by atoms with van der Waals surface area (Å²) in [5, 5.41) is 12.2. The maximum Gasteiger partial charge on any atom is 0.307 e. The predicted molar refractivity (Wildman–Crippen MR) is 73.4 cm³/mol. The van der Waals surface area contributed by atoms with Crippen molar-refractivity contribution in [2.24, 2.45) is 11.8 Å². The minimum absolute atomic E-state index is 0.216. The van der Waals surface area contributed by atoms with E-state index in [-0.39, 0.29) is 11.7 Å². The Bertz CT molecular complexity index is 432. The third-order valence-corrected chi connectivity index (χ3v) is 3.05. The Morgan fingerprint density at radius 1 is 1.42 bits per heavy atom. The second-order valence-corrected chi connectivity index (χ2v) is 5.38. The van der Waals surface area contributed by atoms with Crippen LogP contribution in [0.5, 0.6) is 0 Å². The van der Waals surface area contributed by atoms with Crippen molar-refractivity contribution in [3.8, 4) is 0 Å². The summed E-state index contributed by atoms with van der Waals surface area (Å²) in [5.74, 6) is -0.999. The molecule has 1 aromatic carbocycles. The number of carboxylic acids is 1. The second-order valence-electron chi connectivity index (χ2n) is 5.38. The molecular formula is C15H22FNO2. The Balaban J connectivity index is 2.47. The topological polar surface area (TPSA) is 49.3 Å². The number of carbonyl (C=O) groups is 1. The minimum Gasteiger partial charge on any atom is -0.481 e. The average molecular weight is 267 g/mol. The number of rotatable bonds is 7. The molecule has 0 fully saturated rings. The molecule has 1 rings (SSSR count). The van der Waals surface area contributed by atoms with Crippen LogP contribution in [0.25, 0.3) is 0 Å². The van der Waals surface area contributed by atoms with E-state index >= 15 is 0 Å². The molecule has 3 nitrogen and oxygen atoms in total. The number of aryl methyl sites for hydroxylation is 1. The Labute approximate surface area is 113 Å². The molecule has 1 unspecified atom stereocenters. The minimum atomic E-state index is -0.767. The van der Waals surface area contributed by atoms with Gasteiger partial charge in [0, 0.05) is 13.1 Å². The van der Waals surface area contributed by atoms with E-state index in [4.69, 9.17) is 5.11 Å². The summed E-state index contributed by atoms with van der Waals surface area (Å²) in [6, 6.07) is 4.93. The highest BCUT2D eigenvalue weighted by atomic mass is 19.1. The highest BCUT2D eigenvalue weighted by molar-refractivity contribution is 5.70. The van der Waals surface area contributed by atoms with Gasteiger partial charge in [0.1, 0.15) is 5.82 Å². The van der Waals surface area contributed by atoms with E-state index in [0.717, 1.165) is 5.56 Å². The van der Waals surface area contributed by atoms with E-state index < -0.39 is 5.97 Å². The molecule has 0 aliphatic carbocycles. The molecule has 0 bridgehead atoms. The van der Waals surface area contributed by atoms with Crippen LogP contribution in [-0.2, 0) is 11.3 Å². The number of benzene rings is 1. The van der Waals surface area contributed by atoms with Gasteiger partial charge in [-0.05, 0) is 36.5 Å². The van der Waals surface area contributed by atoms with E-state index in [1.165, 1.54) is 6.07 Å². The summed E-state index contributed by atoms with van der Waals surface area (Å²) in [4.78, 5) is 11.1. The van der Waals surface area contributed by atoms with Gasteiger partial charge in [-0.3, -0.25) is 4.79 Å². The fourth-order valence-corrected chi connectivity index (χ4v) is 2.05. The predicted octanol–water partition coefficient (Wildman–Crippen LogP) is 2.97. The molecule has 1 atom stereocenters. The van der Waals surface area contributed by atoms with Crippen molar-refractivity contribution < 1.29 is 14.3 Å². The molecule has 0 aliphatic heterocycles. The van der Waals surface area contributed by atoms with Crippen LogP contribution in [0.1, 0.15) is 31.4 Å². The lowest BCUT2D eigenvalue weighted by atomic mass is 9.97. The smallest absolute Gasteiger partial charge is 0.307 e. The van der Waals surface area contributed by atoms with Crippen molar-refractivity contribution in [3.05, 3.63) is 35.1 Å². The van der Waals surface area contributed by atoms with E-state index in [2.05, 4.69) is 5.32 Å². The van der Waals surface area contributed by atoms with Gasteiger partial charge in [-0.2, -0.15) is 0 Å². The highest BCUT2D eigenvalue weighted by Gasteiger charge is 2.18. The van der Waals surface area contributed by atoms with Gasteiger partial charge >= 0.3 is 5.97 Å². The second kappa shape index (κ2) is 7.24. The Hall–Kier alpha value is -1.42. The summed E-state index contributed by atoms with van der Waals surface area (Å²) >= 11 is 0. The summed E-state index contributed by atoms with van der Waals surface area (Å²) in [6.07, 6.45) is 0.658. The lowest BCUT2D eigenvalue weighted by molar-refractivity contribution is -0.142. The number of halogens is 1. The normalized spacial score (nSPS) is 12.7. The van der Waals surface area contributed by atoms with Crippen LogP contribution in [0, 0.1) is 24.6 Å². The molecule has 106 valence electrons. The summed E-state index contributed by atoms with van der Waals surface area (Å²) < 4.78 is 13.1. The third kappa shape index (κ3) is 5.39. The third-order valence-electron chi connectivity index (χ3n) is 3.05. The van der Waals surface area contributed by atoms with E-state index in [1.54, 1.807) is 19.1 Å². The SMILES string of the molecule is Cc1cc(CNCC(CC(C)C)C(=O)O)ccc1F. The molecule has 4 heteroatoms. The van der Waals surface area contributed by atoms with Gasteiger partial charge in [0.2, 0.25) is 0 Å². The quantitative estimate of drug-likeness (QED) is 0.798. The molecule has 0 saturated carbocycles. The molecule has 0 amide bonds. The summed E-state index contributed by atoms with van der Waals surface area (Å²) in [6.45, 7) is 6.74. The van der Waals surface area contributed by atoms with Crippen molar-refractivity contribution in [2.75, 3.05) is 6.54 Å². The van der Waals surface area contributed by atoms with Crippen LogP contribution in [0.15, 0.2) is 18.2 Å². The molecule has 0 aromatic heterocycles. The molecule has 0 radical (unpaired) electrons. The molecular weight excluding hydrogens is 245 g/mol. The molecule has 1 aromatic rings. The van der Waals surface area contributed by atoms with Crippen LogP contribution in [0.3, 0.4) is 0 Å². The van der Waals surface area contributed by atoms with Crippen molar-refractivity contribution in [1.29, 1.82) is 0 Å². The first-order valence-electron chi connectivity index (χ1n) is 6.58. The van der Waals surface area contributed by atoms with Gasteiger partial charge in [0.05, 0.1) is 5.92 Å².